The number of hydrogen-bond donors (Lipinski definition) is 5. The second-order valence-corrected chi connectivity index (χ2v) is 4.85. The van der Waals surface area contributed by atoms with Crippen molar-refractivity contribution < 1.29 is 19.5 Å². The van der Waals surface area contributed by atoms with Crippen molar-refractivity contribution in [3.05, 3.63) is 0 Å². The van der Waals surface area contributed by atoms with E-state index in [-0.39, 0.29) is 25.9 Å². The van der Waals surface area contributed by atoms with Crippen LogP contribution >= 0.6 is 26.1 Å². The van der Waals surface area contributed by atoms with E-state index in [2.05, 4.69) is 17.9 Å². The highest BCUT2D eigenvalue weighted by Crippen LogP contribution is 2.15. The number of nitrogens with two attached hydrogens (primary N) is 1. The van der Waals surface area contributed by atoms with Crippen molar-refractivity contribution in [3.63, 3.8) is 0 Å². The number of imide groups is 1. The van der Waals surface area contributed by atoms with Crippen molar-refractivity contribution in [1.29, 1.82) is 0 Å². The Morgan fingerprint density at radius 2 is 2.00 bits per heavy atom. The number of hydrogen-bond acceptors (Lipinski definition) is 5. The maximum absolute atomic E-state index is 10.2. The minimum atomic E-state index is -1.02. The maximum Gasteiger partial charge on any atom is 0.321 e. The van der Waals surface area contributed by atoms with Crippen molar-refractivity contribution in [2.45, 2.75) is 24.6 Å². The lowest BCUT2D eigenvalue weighted by Crippen LogP contribution is -2.45. The SMILES string of the molecule is CC(C)(S)[C@@H](N)C(=O)O.O=C1CNC(=O)N1.S. The Balaban J connectivity index is 0. The van der Waals surface area contributed by atoms with Crippen molar-refractivity contribution in [2.24, 2.45) is 5.73 Å². The minimum absolute atomic E-state index is 0. The lowest BCUT2D eigenvalue weighted by Gasteiger charge is -2.21. The predicted molar refractivity (Wildman–Crippen MR) is 70.6 cm³/mol. The first-order valence-electron chi connectivity index (χ1n) is 4.43. The highest BCUT2D eigenvalue weighted by molar-refractivity contribution is 7.81. The fourth-order valence-corrected chi connectivity index (χ4v) is 0.788. The van der Waals surface area contributed by atoms with Crippen LogP contribution in [0.3, 0.4) is 0 Å². The Morgan fingerprint density at radius 1 is 1.53 bits per heavy atom. The summed E-state index contributed by atoms with van der Waals surface area (Å²) in [7, 11) is 0. The number of carboxylic acids is 1. The molecule has 0 bridgehead atoms. The second kappa shape index (κ2) is 7.41. The Kier molecular flexibility index (Phi) is 8.03. The lowest BCUT2D eigenvalue weighted by molar-refractivity contribution is -0.139. The van der Waals surface area contributed by atoms with Crippen molar-refractivity contribution in [1.82, 2.24) is 10.6 Å². The van der Waals surface area contributed by atoms with Crippen LogP contribution in [0.25, 0.3) is 0 Å². The van der Waals surface area contributed by atoms with Gasteiger partial charge in [0, 0.05) is 4.75 Å². The molecule has 7 nitrogen and oxygen atoms in total. The van der Waals surface area contributed by atoms with Gasteiger partial charge >= 0.3 is 12.0 Å². The van der Waals surface area contributed by atoms with Crippen LogP contribution in [-0.2, 0) is 9.59 Å². The van der Waals surface area contributed by atoms with Crippen LogP contribution < -0.4 is 16.4 Å². The summed E-state index contributed by atoms with van der Waals surface area (Å²) in [6, 6.07) is -1.30. The molecule has 0 saturated carbocycles. The van der Waals surface area contributed by atoms with E-state index >= 15 is 0 Å². The smallest absolute Gasteiger partial charge is 0.321 e. The molecule has 5 N–H and O–H groups in total. The van der Waals surface area contributed by atoms with Gasteiger partial charge in [-0.3, -0.25) is 14.9 Å². The quantitative estimate of drug-likeness (QED) is 0.330. The molecule has 1 rings (SSSR count). The minimum Gasteiger partial charge on any atom is -0.480 e. The summed E-state index contributed by atoms with van der Waals surface area (Å²) in [6.45, 7) is 3.45. The Bertz CT molecular complexity index is 290. The first-order chi connectivity index (χ1) is 7.14. The Morgan fingerprint density at radius 3 is 2.06 bits per heavy atom. The first kappa shape index (κ1) is 18.4. The molecule has 0 aromatic rings. The van der Waals surface area contributed by atoms with Gasteiger partial charge in [0.2, 0.25) is 5.91 Å². The summed E-state index contributed by atoms with van der Waals surface area (Å²) in [5, 5.41) is 12.6. The Hall–Kier alpha value is -0.930. The third-order valence-corrected chi connectivity index (χ3v) is 1.97. The number of carbonyl (C=O) groups excluding carboxylic acids is 2. The molecule has 1 aliphatic rings. The van der Waals surface area contributed by atoms with Crippen LogP contribution in [0.4, 0.5) is 4.79 Å². The van der Waals surface area contributed by atoms with Crippen LogP contribution in [0.5, 0.6) is 0 Å². The normalized spacial score (nSPS) is 15.8. The summed E-state index contributed by atoms with van der Waals surface area (Å²) in [5.41, 5.74) is 5.22. The molecule has 0 spiro atoms. The van der Waals surface area contributed by atoms with E-state index in [4.69, 9.17) is 10.8 Å². The molecule has 1 fully saturated rings. The molecule has 0 unspecified atom stereocenters. The van der Waals surface area contributed by atoms with E-state index in [1.54, 1.807) is 13.8 Å². The topological polar surface area (TPSA) is 122 Å². The van der Waals surface area contributed by atoms with Crippen LogP contribution in [-0.4, -0.2) is 40.3 Å². The van der Waals surface area contributed by atoms with Gasteiger partial charge in [-0.15, -0.1) is 0 Å². The summed E-state index contributed by atoms with van der Waals surface area (Å²) in [5.74, 6) is -1.28. The molecule has 100 valence electrons. The van der Waals surface area contributed by atoms with Gasteiger partial charge in [-0.1, -0.05) is 0 Å². The number of aliphatic carboxylic acids is 1. The maximum atomic E-state index is 10.2. The van der Waals surface area contributed by atoms with Gasteiger partial charge in [-0.2, -0.15) is 26.1 Å². The number of amides is 3. The van der Waals surface area contributed by atoms with E-state index in [1.807, 2.05) is 5.32 Å². The number of rotatable bonds is 2. The molecule has 1 saturated heterocycles. The summed E-state index contributed by atoms with van der Waals surface area (Å²) < 4.78 is -0.647. The Labute approximate surface area is 111 Å². The van der Waals surface area contributed by atoms with Crippen molar-refractivity contribution in [2.75, 3.05) is 6.54 Å². The molecule has 1 atom stereocenters. The average Bonchev–Trinajstić information content (AvgIpc) is 2.48. The van der Waals surface area contributed by atoms with Crippen molar-refractivity contribution >= 4 is 44.0 Å². The molecule has 3 amide bonds. The zero-order chi connectivity index (χ0) is 12.9. The highest BCUT2D eigenvalue weighted by atomic mass is 32.1. The van der Waals surface area contributed by atoms with Crippen molar-refractivity contribution in [3.8, 4) is 0 Å². The van der Waals surface area contributed by atoms with Gasteiger partial charge in [0.1, 0.15) is 6.04 Å². The monoisotopic (exact) mass is 283 g/mol. The van der Waals surface area contributed by atoms with Gasteiger partial charge in [-0.25, -0.2) is 4.79 Å². The van der Waals surface area contributed by atoms with E-state index in [0.29, 0.717) is 0 Å². The number of carbonyl (C=O) groups is 3. The molecule has 0 aromatic heterocycles. The van der Waals surface area contributed by atoms with Gasteiger partial charge in [0.15, 0.2) is 0 Å². The van der Waals surface area contributed by atoms with Crippen LogP contribution in [0.2, 0.25) is 0 Å². The molecule has 17 heavy (non-hydrogen) atoms. The summed E-state index contributed by atoms with van der Waals surface area (Å²) in [4.78, 5) is 30.2. The van der Waals surface area contributed by atoms with E-state index in [0.717, 1.165) is 0 Å². The molecule has 0 aromatic carbocycles. The summed E-state index contributed by atoms with van der Waals surface area (Å²) in [6.07, 6.45) is 0. The van der Waals surface area contributed by atoms with Gasteiger partial charge < -0.3 is 16.2 Å². The molecular formula is C8H17N3O4S2. The standard InChI is InChI=1S/C5H11NO2S.C3H4N2O2.H2S/c1-5(2,9)3(6)4(7)8;6-2-1-4-3(7)5-2;/h3,9H,6H2,1-2H3,(H,7,8);1H2,(H2,4,5,6,7);1H2/t3-;;/m0../s1. The third-order valence-electron chi connectivity index (χ3n) is 1.69. The van der Waals surface area contributed by atoms with E-state index in [9.17, 15) is 14.4 Å². The zero-order valence-electron chi connectivity index (χ0n) is 9.48. The fraction of sp³-hybridized carbons (Fsp3) is 0.625. The highest BCUT2D eigenvalue weighted by Gasteiger charge is 2.27. The largest absolute Gasteiger partial charge is 0.480 e. The van der Waals surface area contributed by atoms with Crippen LogP contribution in [0.15, 0.2) is 0 Å². The zero-order valence-corrected chi connectivity index (χ0v) is 11.4. The molecule has 1 aliphatic heterocycles. The fourth-order valence-electron chi connectivity index (χ4n) is 0.678. The number of nitrogens with one attached hydrogen (secondary N) is 2. The van der Waals surface area contributed by atoms with Gasteiger partial charge in [0.25, 0.3) is 0 Å². The number of carboxylic acid groups (broad SMARTS) is 1. The molecule has 9 heteroatoms. The molecule has 0 radical (unpaired) electrons. The molecular weight excluding hydrogens is 266 g/mol. The second-order valence-electron chi connectivity index (χ2n) is 3.70. The third kappa shape index (κ3) is 7.88. The van der Waals surface area contributed by atoms with E-state index in [1.165, 1.54) is 0 Å². The first-order valence-corrected chi connectivity index (χ1v) is 4.87. The van der Waals surface area contributed by atoms with Gasteiger partial charge in [0.05, 0.1) is 6.54 Å². The van der Waals surface area contributed by atoms with E-state index < -0.39 is 22.8 Å². The van der Waals surface area contributed by atoms with Gasteiger partial charge in [-0.05, 0) is 13.8 Å². The van der Waals surface area contributed by atoms with Crippen LogP contribution in [0.1, 0.15) is 13.8 Å². The number of urea groups is 1. The lowest BCUT2D eigenvalue weighted by atomic mass is 10.1. The molecule has 1 heterocycles. The predicted octanol–water partition coefficient (Wildman–Crippen LogP) is -0.955. The number of thiol groups is 1. The average molecular weight is 283 g/mol. The molecule has 0 aliphatic carbocycles. The van der Waals surface area contributed by atoms with Crippen LogP contribution in [0, 0.1) is 0 Å². The summed E-state index contributed by atoms with van der Waals surface area (Å²) >= 11 is 3.98.